The molecule has 2 atom stereocenters. The average Bonchev–Trinajstić information content (AvgIpc) is 3.15. The van der Waals surface area contributed by atoms with Crippen LogP contribution in [0.2, 0.25) is 10.0 Å². The van der Waals surface area contributed by atoms with Crippen molar-refractivity contribution in [1.29, 1.82) is 0 Å². The molecule has 0 saturated carbocycles. The van der Waals surface area contributed by atoms with E-state index in [2.05, 4.69) is 24.1 Å². The van der Waals surface area contributed by atoms with Gasteiger partial charge in [-0.2, -0.15) is 0 Å². The first-order chi connectivity index (χ1) is 15.3. The quantitative estimate of drug-likeness (QED) is 0.546. The predicted molar refractivity (Wildman–Crippen MR) is 137 cm³/mol. The van der Waals surface area contributed by atoms with E-state index in [9.17, 15) is 0 Å². The number of likely N-dealkylation sites (tertiary alicyclic amines) is 1. The molecular weight excluding hydrogens is 465 g/mol. The van der Waals surface area contributed by atoms with Crippen LogP contribution in [0, 0.1) is 0 Å². The number of aromatic nitrogens is 2. The third-order valence-electron chi connectivity index (χ3n) is 5.52. The van der Waals surface area contributed by atoms with Crippen molar-refractivity contribution in [3.05, 3.63) is 39.6 Å². The number of hydrogen-bond donors (Lipinski definition) is 1. The van der Waals surface area contributed by atoms with Gasteiger partial charge in [0, 0.05) is 44.4 Å². The molecule has 0 spiro atoms. The molecule has 0 amide bonds. The largest absolute Gasteiger partial charge is 0.374 e. The summed E-state index contributed by atoms with van der Waals surface area (Å²) in [6, 6.07) is 5.53. The van der Waals surface area contributed by atoms with Crippen molar-refractivity contribution in [3.63, 3.8) is 0 Å². The topological polar surface area (TPSA) is 53.5 Å². The lowest BCUT2D eigenvalue weighted by Crippen LogP contribution is -2.38. The Labute approximate surface area is 206 Å². The molecule has 6 nitrogen and oxygen atoms in total. The Morgan fingerprint density at radius 3 is 2.47 bits per heavy atom. The highest BCUT2D eigenvalue weighted by Gasteiger charge is 2.36. The first-order valence-electron chi connectivity index (χ1n) is 11.0. The molecule has 1 fully saturated rings. The number of hydrogen-bond acceptors (Lipinski definition) is 5. The summed E-state index contributed by atoms with van der Waals surface area (Å²) in [4.78, 5) is 14.1. The van der Waals surface area contributed by atoms with Crippen molar-refractivity contribution < 1.29 is 4.74 Å². The molecule has 1 saturated heterocycles. The number of benzene rings is 1. The second kappa shape index (κ2) is 11.0. The van der Waals surface area contributed by atoms with Gasteiger partial charge < -0.3 is 19.9 Å². The van der Waals surface area contributed by atoms with Crippen molar-refractivity contribution in [2.45, 2.75) is 45.8 Å². The number of thiocarbonyl (C=S) groups is 1. The van der Waals surface area contributed by atoms with E-state index in [1.165, 1.54) is 0 Å². The Kier molecular flexibility index (Phi) is 8.55. The molecule has 1 N–H and O–H groups in total. The summed E-state index contributed by atoms with van der Waals surface area (Å²) in [5.41, 5.74) is 3.43. The third-order valence-corrected chi connectivity index (χ3v) is 6.69. The van der Waals surface area contributed by atoms with Crippen LogP contribution in [0.25, 0.3) is 11.3 Å². The Balaban J connectivity index is 1.94. The Hall–Kier alpha value is -1.67. The molecular formula is C23H31Cl2N5OS. The fourth-order valence-corrected chi connectivity index (χ4v) is 4.57. The van der Waals surface area contributed by atoms with Crippen LogP contribution in [-0.2, 0) is 17.6 Å². The summed E-state index contributed by atoms with van der Waals surface area (Å²) in [5.74, 6) is 0.797. The zero-order valence-corrected chi connectivity index (χ0v) is 21.6. The summed E-state index contributed by atoms with van der Waals surface area (Å²) in [6.45, 7) is 8.31. The monoisotopic (exact) mass is 495 g/mol. The predicted octanol–water partition coefficient (Wildman–Crippen LogP) is 4.92. The molecule has 174 valence electrons. The van der Waals surface area contributed by atoms with Crippen LogP contribution in [0.15, 0.2) is 18.2 Å². The van der Waals surface area contributed by atoms with Crippen LogP contribution < -0.4 is 5.32 Å². The maximum atomic E-state index is 6.48. The van der Waals surface area contributed by atoms with Crippen LogP contribution in [0.3, 0.4) is 0 Å². The van der Waals surface area contributed by atoms with E-state index in [0.29, 0.717) is 16.7 Å². The fraction of sp³-hybridized carbons (Fsp3) is 0.522. The van der Waals surface area contributed by atoms with E-state index in [4.69, 9.17) is 50.1 Å². The Morgan fingerprint density at radius 1 is 1.16 bits per heavy atom. The highest BCUT2D eigenvalue weighted by Crippen LogP contribution is 2.33. The number of ether oxygens (including phenoxy) is 1. The van der Waals surface area contributed by atoms with Crippen molar-refractivity contribution in [2.24, 2.45) is 0 Å². The molecule has 1 aliphatic rings. The first kappa shape index (κ1) is 25.0. The number of nitrogens with zero attached hydrogens (tertiary/aromatic N) is 4. The lowest BCUT2D eigenvalue weighted by atomic mass is 10.1. The molecule has 9 heteroatoms. The minimum Gasteiger partial charge on any atom is -0.374 e. The van der Waals surface area contributed by atoms with Gasteiger partial charge in [0.15, 0.2) is 5.11 Å². The first-order valence-corrected chi connectivity index (χ1v) is 12.1. The summed E-state index contributed by atoms with van der Waals surface area (Å²) in [6.07, 6.45) is 1.49. The normalized spacial score (nSPS) is 18.2. The summed E-state index contributed by atoms with van der Waals surface area (Å²) >= 11 is 18.2. The Bertz CT molecular complexity index is 972. The fourth-order valence-electron chi connectivity index (χ4n) is 3.92. The van der Waals surface area contributed by atoms with Gasteiger partial charge in [0.25, 0.3) is 0 Å². The minimum atomic E-state index is 0.0138. The molecule has 0 radical (unpaired) electrons. The summed E-state index contributed by atoms with van der Waals surface area (Å²) in [7, 11) is 3.93. The summed E-state index contributed by atoms with van der Waals surface area (Å²) in [5, 5.41) is 5.60. The van der Waals surface area contributed by atoms with E-state index in [-0.39, 0.29) is 12.1 Å². The maximum absolute atomic E-state index is 6.48. The molecule has 3 rings (SSSR count). The smallest absolute Gasteiger partial charge is 0.171 e. The number of halogens is 2. The molecule has 2 aromatic rings. The zero-order valence-electron chi connectivity index (χ0n) is 19.3. The highest BCUT2D eigenvalue weighted by molar-refractivity contribution is 7.80. The second-order valence-electron chi connectivity index (χ2n) is 7.97. The zero-order chi connectivity index (χ0) is 23.4. The third kappa shape index (κ3) is 5.45. The lowest BCUT2D eigenvalue weighted by Gasteiger charge is -2.24. The molecule has 1 aromatic carbocycles. The van der Waals surface area contributed by atoms with E-state index in [0.717, 1.165) is 59.5 Å². The van der Waals surface area contributed by atoms with Gasteiger partial charge >= 0.3 is 0 Å². The molecule has 1 aliphatic heterocycles. The van der Waals surface area contributed by atoms with Crippen LogP contribution in [0.5, 0.6) is 0 Å². The second-order valence-corrected chi connectivity index (χ2v) is 9.18. The van der Waals surface area contributed by atoms with Crippen LogP contribution in [0.1, 0.15) is 32.2 Å². The standard InChI is InChI=1S/C23H31Cl2N5OS/c1-6-17-21(15-10-9-14(24)11-16(15)25)26-18(7-2)22(27-17)28-19-12-30(23(32)29(4)5)13-20(19)31-8-3/h9-11,19-20H,6-8,12-13H2,1-5H3,(H,27,28)/t19-,20+/m0/s1. The van der Waals surface area contributed by atoms with E-state index < -0.39 is 0 Å². The van der Waals surface area contributed by atoms with Crippen molar-refractivity contribution in [1.82, 2.24) is 19.8 Å². The van der Waals surface area contributed by atoms with Crippen molar-refractivity contribution in [3.8, 4) is 11.3 Å². The van der Waals surface area contributed by atoms with E-state index in [1.807, 2.05) is 38.1 Å². The van der Waals surface area contributed by atoms with Gasteiger partial charge in [-0.05, 0) is 50.2 Å². The van der Waals surface area contributed by atoms with Crippen LogP contribution >= 0.6 is 35.4 Å². The van der Waals surface area contributed by atoms with Crippen molar-refractivity contribution >= 4 is 46.4 Å². The molecule has 1 aromatic heterocycles. The number of anilines is 1. The average molecular weight is 497 g/mol. The van der Waals surface area contributed by atoms with Gasteiger partial charge in [-0.25, -0.2) is 9.97 Å². The number of nitrogens with one attached hydrogen (secondary N) is 1. The van der Waals surface area contributed by atoms with E-state index in [1.54, 1.807) is 6.07 Å². The maximum Gasteiger partial charge on any atom is 0.171 e. The van der Waals surface area contributed by atoms with Crippen molar-refractivity contribution in [2.75, 3.05) is 39.1 Å². The molecule has 32 heavy (non-hydrogen) atoms. The SMILES string of the molecule is CCO[C@@H]1CN(C(=S)N(C)C)C[C@@H]1Nc1nc(CC)c(-c2ccc(Cl)cc2Cl)nc1CC. The van der Waals surface area contributed by atoms with Gasteiger partial charge in [0.2, 0.25) is 0 Å². The molecule has 0 aliphatic carbocycles. The van der Waals surface area contributed by atoms with Crippen LogP contribution in [0.4, 0.5) is 5.82 Å². The van der Waals surface area contributed by atoms with Gasteiger partial charge in [-0.15, -0.1) is 0 Å². The number of rotatable bonds is 7. The van der Waals surface area contributed by atoms with Crippen LogP contribution in [-0.4, -0.2) is 70.8 Å². The van der Waals surface area contributed by atoms with Gasteiger partial charge in [-0.1, -0.05) is 37.0 Å². The van der Waals surface area contributed by atoms with Gasteiger partial charge in [0.05, 0.1) is 34.3 Å². The highest BCUT2D eigenvalue weighted by atomic mass is 35.5. The van der Waals surface area contributed by atoms with Gasteiger partial charge in [-0.3, -0.25) is 0 Å². The lowest BCUT2D eigenvalue weighted by molar-refractivity contribution is 0.0669. The molecule has 2 heterocycles. The summed E-state index contributed by atoms with van der Waals surface area (Å²) < 4.78 is 6.04. The van der Waals surface area contributed by atoms with E-state index >= 15 is 0 Å². The van der Waals surface area contributed by atoms with Gasteiger partial charge in [0.1, 0.15) is 5.82 Å². The molecule has 0 bridgehead atoms. The number of aryl methyl sites for hydroxylation is 2. The Morgan fingerprint density at radius 2 is 1.88 bits per heavy atom. The molecule has 0 unspecified atom stereocenters. The minimum absolute atomic E-state index is 0.0138.